The van der Waals surface area contributed by atoms with Crippen LogP contribution in [0.2, 0.25) is 0 Å². The van der Waals surface area contributed by atoms with Crippen LogP contribution >= 0.6 is 0 Å². The van der Waals surface area contributed by atoms with E-state index in [1.165, 1.54) is 23.5 Å². The number of sulfonamides is 1. The molecule has 0 bridgehead atoms. The summed E-state index contributed by atoms with van der Waals surface area (Å²) in [4.78, 5) is 8.61. The molecule has 162 valence electrons. The molecule has 0 radical (unpaired) electrons. The Hall–Kier alpha value is -3.04. The van der Waals surface area contributed by atoms with Crippen molar-refractivity contribution >= 4 is 21.5 Å². The lowest BCUT2D eigenvalue weighted by Crippen LogP contribution is -2.39. The molecular weight excluding hydrogens is 419 g/mol. The number of nitrogens with zero attached hydrogens (tertiary/aromatic N) is 3. The molecule has 1 aliphatic heterocycles. The number of anilines is 2. The quantitative estimate of drug-likeness (QED) is 0.623. The van der Waals surface area contributed by atoms with Crippen molar-refractivity contribution in [1.82, 2.24) is 14.3 Å². The number of benzene rings is 1. The van der Waals surface area contributed by atoms with Gasteiger partial charge >= 0.3 is 0 Å². The van der Waals surface area contributed by atoms with E-state index in [9.17, 15) is 12.8 Å². The first-order valence-corrected chi connectivity index (χ1v) is 11.4. The maximum atomic E-state index is 13.8. The highest BCUT2D eigenvalue weighted by Gasteiger charge is 2.33. The average molecular weight is 443 g/mol. The molecule has 0 saturated carbocycles. The zero-order valence-corrected chi connectivity index (χ0v) is 17.8. The van der Waals surface area contributed by atoms with Crippen molar-refractivity contribution in [1.29, 1.82) is 0 Å². The van der Waals surface area contributed by atoms with Gasteiger partial charge in [-0.15, -0.1) is 0 Å². The van der Waals surface area contributed by atoms with E-state index >= 15 is 0 Å². The normalized spacial score (nSPS) is 17.3. The Balaban J connectivity index is 1.51. The molecule has 1 unspecified atom stereocenters. The summed E-state index contributed by atoms with van der Waals surface area (Å²) in [5, 5.41) is 3.18. The molecule has 3 heterocycles. The molecule has 1 fully saturated rings. The molecule has 7 nitrogen and oxygen atoms in total. The molecule has 0 amide bonds. The van der Waals surface area contributed by atoms with Gasteiger partial charge in [0.15, 0.2) is 0 Å². The van der Waals surface area contributed by atoms with Crippen LogP contribution in [-0.4, -0.2) is 42.9 Å². The van der Waals surface area contributed by atoms with Crippen LogP contribution in [0, 0.1) is 5.82 Å². The highest BCUT2D eigenvalue weighted by atomic mass is 32.2. The van der Waals surface area contributed by atoms with Crippen LogP contribution in [0.1, 0.15) is 24.5 Å². The number of halogens is 1. The van der Waals surface area contributed by atoms with E-state index in [1.807, 2.05) is 30.3 Å². The molecule has 4 rings (SSSR count). The summed E-state index contributed by atoms with van der Waals surface area (Å²) in [5.74, 6) is 0.181. The van der Waals surface area contributed by atoms with Crippen LogP contribution in [-0.2, 0) is 10.0 Å². The third-order valence-corrected chi connectivity index (χ3v) is 7.16. The molecule has 0 aliphatic carbocycles. The SMILES string of the molecule is COc1ccc(F)cc1S(=O)(=O)N1CCCC(c2ccc(Nc3ccccn3)cn2)C1. The molecule has 2 aromatic heterocycles. The number of methoxy groups -OCH3 is 1. The topological polar surface area (TPSA) is 84.4 Å². The number of hydrogen-bond acceptors (Lipinski definition) is 6. The Bertz CT molecular complexity index is 1140. The van der Waals surface area contributed by atoms with Gasteiger partial charge in [-0.05, 0) is 55.3 Å². The third kappa shape index (κ3) is 4.67. The molecule has 1 atom stereocenters. The predicted molar refractivity (Wildman–Crippen MR) is 115 cm³/mol. The smallest absolute Gasteiger partial charge is 0.246 e. The van der Waals surface area contributed by atoms with E-state index in [1.54, 1.807) is 12.4 Å². The molecule has 1 saturated heterocycles. The monoisotopic (exact) mass is 442 g/mol. The summed E-state index contributed by atoms with van der Waals surface area (Å²) in [7, 11) is -2.53. The van der Waals surface area contributed by atoms with Crippen molar-refractivity contribution in [3.8, 4) is 5.75 Å². The summed E-state index contributed by atoms with van der Waals surface area (Å²) in [6, 6.07) is 12.9. The van der Waals surface area contributed by atoms with E-state index in [-0.39, 0.29) is 23.1 Å². The standard InChI is InChI=1S/C22H23FN4O3S/c1-30-20-10-7-17(23)13-21(20)31(28,29)27-12-4-5-16(15-27)19-9-8-18(14-25-19)26-22-6-2-3-11-24-22/h2-3,6-11,13-14,16H,4-5,12,15H2,1H3,(H,24,26). The van der Waals surface area contributed by atoms with Crippen LogP contribution in [0.3, 0.4) is 0 Å². The van der Waals surface area contributed by atoms with Gasteiger partial charge in [0.1, 0.15) is 22.3 Å². The van der Waals surface area contributed by atoms with Crippen LogP contribution in [0.15, 0.2) is 65.8 Å². The Morgan fingerprint density at radius 2 is 2.03 bits per heavy atom. The van der Waals surface area contributed by atoms with Crippen LogP contribution in [0.5, 0.6) is 5.75 Å². The van der Waals surface area contributed by atoms with Crippen molar-refractivity contribution < 1.29 is 17.5 Å². The second-order valence-corrected chi connectivity index (χ2v) is 9.22. The Morgan fingerprint density at radius 1 is 1.16 bits per heavy atom. The molecule has 3 aromatic rings. The maximum Gasteiger partial charge on any atom is 0.246 e. The van der Waals surface area contributed by atoms with Gasteiger partial charge in [0, 0.05) is 30.9 Å². The summed E-state index contributed by atoms with van der Waals surface area (Å²) < 4.78 is 46.7. The van der Waals surface area contributed by atoms with E-state index in [4.69, 9.17) is 4.74 Å². The number of rotatable bonds is 6. The summed E-state index contributed by atoms with van der Waals surface area (Å²) >= 11 is 0. The molecular formula is C22H23FN4O3S. The fraction of sp³-hybridized carbons (Fsp3) is 0.273. The van der Waals surface area contributed by atoms with E-state index < -0.39 is 15.8 Å². The largest absolute Gasteiger partial charge is 0.495 e. The lowest BCUT2D eigenvalue weighted by atomic mass is 9.95. The lowest BCUT2D eigenvalue weighted by molar-refractivity contribution is 0.310. The number of nitrogens with one attached hydrogen (secondary N) is 1. The van der Waals surface area contributed by atoms with E-state index in [0.717, 1.165) is 29.7 Å². The van der Waals surface area contributed by atoms with Crippen molar-refractivity contribution in [2.45, 2.75) is 23.7 Å². The highest BCUT2D eigenvalue weighted by molar-refractivity contribution is 7.89. The van der Waals surface area contributed by atoms with Crippen LogP contribution in [0.4, 0.5) is 15.9 Å². The fourth-order valence-corrected chi connectivity index (χ4v) is 5.39. The summed E-state index contributed by atoms with van der Waals surface area (Å²) in [6.45, 7) is 0.653. The predicted octanol–water partition coefficient (Wildman–Crippen LogP) is 3.94. The minimum absolute atomic E-state index is 0.0491. The second-order valence-electron chi connectivity index (χ2n) is 7.31. The number of pyridine rings is 2. The van der Waals surface area contributed by atoms with Crippen molar-refractivity contribution in [2.75, 3.05) is 25.5 Å². The number of ether oxygens (including phenoxy) is 1. The molecule has 1 N–H and O–H groups in total. The zero-order valence-electron chi connectivity index (χ0n) is 17.0. The number of aromatic nitrogens is 2. The third-order valence-electron chi connectivity index (χ3n) is 5.27. The highest BCUT2D eigenvalue weighted by Crippen LogP contribution is 2.33. The number of piperidine rings is 1. The zero-order chi connectivity index (χ0) is 21.8. The average Bonchev–Trinajstić information content (AvgIpc) is 2.80. The van der Waals surface area contributed by atoms with Gasteiger partial charge in [-0.2, -0.15) is 4.31 Å². The van der Waals surface area contributed by atoms with Gasteiger partial charge in [-0.3, -0.25) is 4.98 Å². The Morgan fingerprint density at radius 3 is 2.74 bits per heavy atom. The first-order valence-electron chi connectivity index (χ1n) is 9.95. The molecule has 1 aliphatic rings. The maximum absolute atomic E-state index is 13.8. The summed E-state index contributed by atoms with van der Waals surface area (Å²) in [5.41, 5.74) is 1.62. The van der Waals surface area contributed by atoms with Crippen molar-refractivity contribution in [2.24, 2.45) is 0 Å². The van der Waals surface area contributed by atoms with Gasteiger partial charge in [0.25, 0.3) is 0 Å². The first kappa shape index (κ1) is 21.2. The van der Waals surface area contributed by atoms with Gasteiger partial charge in [0.05, 0.1) is 19.0 Å². The van der Waals surface area contributed by atoms with Gasteiger partial charge < -0.3 is 10.1 Å². The lowest BCUT2D eigenvalue weighted by Gasteiger charge is -2.32. The van der Waals surface area contributed by atoms with Crippen molar-refractivity contribution in [3.63, 3.8) is 0 Å². The Kier molecular flexibility index (Phi) is 6.15. The van der Waals surface area contributed by atoms with E-state index in [2.05, 4.69) is 15.3 Å². The molecule has 0 spiro atoms. The van der Waals surface area contributed by atoms with Gasteiger partial charge in [-0.25, -0.2) is 17.8 Å². The van der Waals surface area contributed by atoms with E-state index in [0.29, 0.717) is 13.0 Å². The minimum atomic E-state index is -3.90. The van der Waals surface area contributed by atoms with Crippen molar-refractivity contribution in [3.05, 3.63) is 72.4 Å². The Labute approximate surface area is 181 Å². The first-order chi connectivity index (χ1) is 15.0. The van der Waals surface area contributed by atoms with Crippen LogP contribution < -0.4 is 10.1 Å². The molecule has 9 heteroatoms. The molecule has 1 aromatic carbocycles. The summed E-state index contributed by atoms with van der Waals surface area (Å²) in [6.07, 6.45) is 4.94. The van der Waals surface area contributed by atoms with Crippen LogP contribution in [0.25, 0.3) is 0 Å². The second kappa shape index (κ2) is 8.99. The fourth-order valence-electron chi connectivity index (χ4n) is 3.70. The van der Waals surface area contributed by atoms with Gasteiger partial charge in [-0.1, -0.05) is 6.07 Å². The minimum Gasteiger partial charge on any atom is -0.495 e. The molecule has 31 heavy (non-hydrogen) atoms. The van der Waals surface area contributed by atoms with Gasteiger partial charge in [0.2, 0.25) is 10.0 Å². The number of hydrogen-bond donors (Lipinski definition) is 1.